The number of halogens is 3. The van der Waals surface area contributed by atoms with Gasteiger partial charge in [-0.05, 0) is 34.1 Å². The summed E-state index contributed by atoms with van der Waals surface area (Å²) in [6, 6.07) is 6.67. The lowest BCUT2D eigenvalue weighted by molar-refractivity contribution is 0.142. The molecule has 0 radical (unpaired) electrons. The summed E-state index contributed by atoms with van der Waals surface area (Å²) in [6.45, 7) is 0. The monoisotopic (exact) mass is 349 g/mol. The lowest BCUT2D eigenvalue weighted by Gasteiger charge is -2.29. The van der Waals surface area contributed by atoms with Crippen LogP contribution in [-0.2, 0) is 0 Å². The molecule has 2 aliphatic rings. The second-order valence-electron chi connectivity index (χ2n) is 4.55. The first-order valence-corrected chi connectivity index (χ1v) is 6.94. The van der Waals surface area contributed by atoms with E-state index in [0.717, 1.165) is 23.1 Å². The topological polar surface area (TPSA) is 21.3 Å². The fourth-order valence-corrected chi connectivity index (χ4v) is 2.92. The standard InChI is InChI=1S/C13H13BrClNO.ClH/c14-12-7-10(3-4-13(12)15)17-11-5-8-1-2-9(6-11)16-8;/h1-4,7-9,11,16H,5-6H2;1H/t8-,9+,11-;. The van der Waals surface area contributed by atoms with Crippen LogP contribution in [-0.4, -0.2) is 18.2 Å². The van der Waals surface area contributed by atoms with Crippen molar-refractivity contribution in [3.05, 3.63) is 39.8 Å². The van der Waals surface area contributed by atoms with Gasteiger partial charge in [0.05, 0.1) is 5.02 Å². The average Bonchev–Trinajstić information content (AvgIpc) is 2.64. The first-order chi connectivity index (χ1) is 8.20. The number of hydrogen-bond donors (Lipinski definition) is 1. The van der Waals surface area contributed by atoms with Crippen molar-refractivity contribution in [2.45, 2.75) is 31.0 Å². The fraction of sp³-hybridized carbons (Fsp3) is 0.385. The van der Waals surface area contributed by atoms with Gasteiger partial charge in [-0.25, -0.2) is 0 Å². The number of ether oxygens (including phenoxy) is 1. The van der Waals surface area contributed by atoms with Crippen LogP contribution in [0.2, 0.25) is 5.02 Å². The molecule has 0 aromatic heterocycles. The molecule has 0 unspecified atom stereocenters. The van der Waals surface area contributed by atoms with Crippen molar-refractivity contribution in [2.75, 3.05) is 0 Å². The highest BCUT2D eigenvalue weighted by molar-refractivity contribution is 9.10. The molecule has 2 heterocycles. The molecule has 0 saturated carbocycles. The van der Waals surface area contributed by atoms with E-state index in [9.17, 15) is 0 Å². The first-order valence-electron chi connectivity index (χ1n) is 5.77. The molecular formula is C13H14BrCl2NO. The second-order valence-corrected chi connectivity index (χ2v) is 5.81. The van der Waals surface area contributed by atoms with Crippen molar-refractivity contribution in [1.29, 1.82) is 0 Å². The molecule has 2 bridgehead atoms. The van der Waals surface area contributed by atoms with Crippen LogP contribution in [0.5, 0.6) is 5.75 Å². The Hall–Kier alpha value is -0.220. The number of benzene rings is 1. The molecule has 1 fully saturated rings. The minimum Gasteiger partial charge on any atom is -0.490 e. The third-order valence-electron chi connectivity index (χ3n) is 3.23. The van der Waals surface area contributed by atoms with E-state index in [2.05, 4.69) is 33.4 Å². The summed E-state index contributed by atoms with van der Waals surface area (Å²) in [5, 5.41) is 4.22. The highest BCUT2D eigenvalue weighted by Crippen LogP contribution is 2.30. The Labute approximate surface area is 126 Å². The van der Waals surface area contributed by atoms with Gasteiger partial charge in [-0.3, -0.25) is 0 Å². The van der Waals surface area contributed by atoms with E-state index in [1.54, 1.807) is 0 Å². The summed E-state index contributed by atoms with van der Waals surface area (Å²) in [5.74, 6) is 0.882. The van der Waals surface area contributed by atoms with E-state index in [1.807, 2.05) is 18.2 Å². The van der Waals surface area contributed by atoms with Crippen LogP contribution >= 0.6 is 39.9 Å². The number of nitrogens with one attached hydrogen (secondary N) is 1. The molecule has 0 amide bonds. The van der Waals surface area contributed by atoms with Crippen LogP contribution in [0, 0.1) is 0 Å². The normalized spacial score (nSPS) is 28.9. The lowest BCUT2D eigenvalue weighted by Crippen LogP contribution is -2.43. The van der Waals surface area contributed by atoms with Gasteiger partial charge < -0.3 is 10.1 Å². The van der Waals surface area contributed by atoms with Gasteiger partial charge in [0.15, 0.2) is 0 Å². The van der Waals surface area contributed by atoms with Crippen molar-refractivity contribution < 1.29 is 4.74 Å². The molecule has 18 heavy (non-hydrogen) atoms. The Bertz CT molecular complexity index is 452. The SMILES string of the molecule is Cl.Clc1ccc(O[C@@H]2C[C@H]3C=C[C@@H](C2)N3)cc1Br. The Balaban J connectivity index is 0.00000120. The van der Waals surface area contributed by atoms with Gasteiger partial charge >= 0.3 is 0 Å². The van der Waals surface area contributed by atoms with Crippen LogP contribution in [0.25, 0.3) is 0 Å². The molecular weight excluding hydrogens is 337 g/mol. The highest BCUT2D eigenvalue weighted by Gasteiger charge is 2.30. The number of fused-ring (bicyclic) bond motifs is 2. The lowest BCUT2D eigenvalue weighted by atomic mass is 10.0. The average molecular weight is 351 g/mol. The molecule has 5 heteroatoms. The summed E-state index contributed by atoms with van der Waals surface area (Å²) >= 11 is 9.37. The first kappa shape index (κ1) is 14.2. The molecule has 3 rings (SSSR count). The molecule has 1 saturated heterocycles. The third-order valence-corrected chi connectivity index (χ3v) is 4.45. The predicted octanol–water partition coefficient (Wildman–Crippen LogP) is 3.96. The van der Waals surface area contributed by atoms with Crippen molar-refractivity contribution in [1.82, 2.24) is 5.32 Å². The third kappa shape index (κ3) is 3.02. The van der Waals surface area contributed by atoms with Crippen LogP contribution in [0.4, 0.5) is 0 Å². The second kappa shape index (κ2) is 5.83. The molecule has 1 aromatic carbocycles. The Morgan fingerprint density at radius 2 is 1.89 bits per heavy atom. The maximum absolute atomic E-state index is 6.00. The Morgan fingerprint density at radius 3 is 2.50 bits per heavy atom. The minimum atomic E-state index is 0. The van der Waals surface area contributed by atoms with Crippen LogP contribution in [0.15, 0.2) is 34.8 Å². The highest BCUT2D eigenvalue weighted by atomic mass is 79.9. The van der Waals surface area contributed by atoms with Gasteiger partial charge in [0.25, 0.3) is 0 Å². The van der Waals surface area contributed by atoms with Gasteiger partial charge in [0.1, 0.15) is 11.9 Å². The summed E-state index contributed by atoms with van der Waals surface area (Å²) in [6.07, 6.45) is 6.84. The Kier molecular flexibility index (Phi) is 4.59. The summed E-state index contributed by atoms with van der Waals surface area (Å²) in [4.78, 5) is 0. The molecule has 3 atom stereocenters. The number of rotatable bonds is 2. The minimum absolute atomic E-state index is 0. The zero-order valence-corrected chi connectivity index (χ0v) is 12.8. The van der Waals surface area contributed by atoms with E-state index >= 15 is 0 Å². The van der Waals surface area contributed by atoms with Gasteiger partial charge in [-0.15, -0.1) is 12.4 Å². The molecule has 2 aliphatic heterocycles. The zero-order chi connectivity index (χ0) is 11.8. The largest absolute Gasteiger partial charge is 0.490 e. The molecule has 1 aromatic rings. The van der Waals surface area contributed by atoms with E-state index in [4.69, 9.17) is 16.3 Å². The molecule has 0 aliphatic carbocycles. The van der Waals surface area contributed by atoms with Crippen molar-refractivity contribution in [3.63, 3.8) is 0 Å². The summed E-state index contributed by atoms with van der Waals surface area (Å²) in [5.41, 5.74) is 0. The number of hydrogen-bond acceptors (Lipinski definition) is 2. The predicted molar refractivity (Wildman–Crippen MR) is 79.9 cm³/mol. The smallest absolute Gasteiger partial charge is 0.120 e. The van der Waals surface area contributed by atoms with E-state index < -0.39 is 0 Å². The van der Waals surface area contributed by atoms with Crippen LogP contribution in [0.1, 0.15) is 12.8 Å². The van der Waals surface area contributed by atoms with E-state index in [1.165, 1.54) is 0 Å². The molecule has 0 spiro atoms. The van der Waals surface area contributed by atoms with Crippen molar-refractivity contribution in [3.8, 4) is 5.75 Å². The van der Waals surface area contributed by atoms with Crippen molar-refractivity contribution in [2.24, 2.45) is 0 Å². The molecule has 1 N–H and O–H groups in total. The maximum Gasteiger partial charge on any atom is 0.120 e. The van der Waals surface area contributed by atoms with Gasteiger partial charge in [0, 0.05) is 29.4 Å². The number of piperidine rings is 1. The summed E-state index contributed by atoms with van der Waals surface area (Å²) < 4.78 is 6.88. The van der Waals surface area contributed by atoms with Crippen molar-refractivity contribution >= 4 is 39.9 Å². The maximum atomic E-state index is 6.00. The fourth-order valence-electron chi connectivity index (χ4n) is 2.45. The Morgan fingerprint density at radius 1 is 1.22 bits per heavy atom. The van der Waals surface area contributed by atoms with E-state index in [-0.39, 0.29) is 18.5 Å². The summed E-state index contributed by atoms with van der Waals surface area (Å²) in [7, 11) is 0. The van der Waals surface area contributed by atoms with Crippen LogP contribution < -0.4 is 10.1 Å². The van der Waals surface area contributed by atoms with Gasteiger partial charge in [0.2, 0.25) is 0 Å². The quantitative estimate of drug-likeness (QED) is 0.815. The molecule has 2 nitrogen and oxygen atoms in total. The zero-order valence-electron chi connectivity index (χ0n) is 9.61. The molecule has 98 valence electrons. The van der Waals surface area contributed by atoms with E-state index in [0.29, 0.717) is 17.1 Å². The van der Waals surface area contributed by atoms with Crippen LogP contribution in [0.3, 0.4) is 0 Å². The van der Waals surface area contributed by atoms with Gasteiger partial charge in [-0.2, -0.15) is 0 Å². The van der Waals surface area contributed by atoms with Gasteiger partial charge in [-0.1, -0.05) is 23.8 Å².